The molecule has 1 aromatic carbocycles. The predicted molar refractivity (Wildman–Crippen MR) is 49.4 cm³/mol. The van der Waals surface area contributed by atoms with Gasteiger partial charge in [-0.15, -0.1) is 0 Å². The molecule has 0 saturated carbocycles. The second-order valence-corrected chi connectivity index (χ2v) is 2.30. The molecule has 0 atom stereocenters. The van der Waals surface area contributed by atoms with Crippen molar-refractivity contribution in [1.29, 1.82) is 5.41 Å². The van der Waals surface area contributed by atoms with Crippen LogP contribution in [0.4, 0.5) is 0 Å². The van der Waals surface area contributed by atoms with E-state index in [4.69, 9.17) is 16.2 Å². The largest absolute Gasteiger partial charge is 0.478 e. The number of amidine groups is 1. The topological polar surface area (TPSA) is 122 Å². The van der Waals surface area contributed by atoms with Crippen LogP contribution < -0.4 is 11.9 Å². The SMILES string of the molecule is N.N=C(N)c1cccc(C(=O)O)c1. The van der Waals surface area contributed by atoms with Gasteiger partial charge in [-0.2, -0.15) is 0 Å². The average molecular weight is 181 g/mol. The zero-order chi connectivity index (χ0) is 9.14. The lowest BCUT2D eigenvalue weighted by Gasteiger charge is -1.98. The summed E-state index contributed by atoms with van der Waals surface area (Å²) in [6, 6.07) is 5.97. The van der Waals surface area contributed by atoms with Crippen molar-refractivity contribution in [2.75, 3.05) is 0 Å². The van der Waals surface area contributed by atoms with E-state index in [1.54, 1.807) is 12.1 Å². The third kappa shape index (κ3) is 2.57. The second kappa shape index (κ2) is 4.22. The van der Waals surface area contributed by atoms with Gasteiger partial charge in [0.05, 0.1) is 5.56 Å². The van der Waals surface area contributed by atoms with Crippen molar-refractivity contribution in [2.24, 2.45) is 5.73 Å². The van der Waals surface area contributed by atoms with Crippen molar-refractivity contribution in [3.63, 3.8) is 0 Å². The van der Waals surface area contributed by atoms with E-state index < -0.39 is 5.97 Å². The molecule has 7 N–H and O–H groups in total. The van der Waals surface area contributed by atoms with Crippen LogP contribution in [0, 0.1) is 5.41 Å². The Balaban J connectivity index is 0.00000144. The fourth-order valence-electron chi connectivity index (χ4n) is 0.820. The van der Waals surface area contributed by atoms with E-state index in [1.807, 2.05) is 0 Å². The minimum Gasteiger partial charge on any atom is -0.478 e. The highest BCUT2D eigenvalue weighted by atomic mass is 16.4. The fraction of sp³-hybridized carbons (Fsp3) is 0. The fourth-order valence-corrected chi connectivity index (χ4v) is 0.820. The van der Waals surface area contributed by atoms with Crippen molar-refractivity contribution in [2.45, 2.75) is 0 Å². The van der Waals surface area contributed by atoms with Gasteiger partial charge in [0.15, 0.2) is 0 Å². The molecule has 0 aromatic heterocycles. The summed E-state index contributed by atoms with van der Waals surface area (Å²) in [5.41, 5.74) is 5.74. The van der Waals surface area contributed by atoms with E-state index in [-0.39, 0.29) is 17.5 Å². The Kier molecular flexibility index (Phi) is 3.61. The monoisotopic (exact) mass is 181 g/mol. The summed E-state index contributed by atoms with van der Waals surface area (Å²) in [7, 11) is 0. The van der Waals surface area contributed by atoms with Crippen LogP contribution in [-0.4, -0.2) is 16.9 Å². The van der Waals surface area contributed by atoms with E-state index in [0.29, 0.717) is 5.56 Å². The number of aromatic carboxylic acids is 1. The molecule has 1 aromatic rings. The molecule has 0 aliphatic carbocycles. The van der Waals surface area contributed by atoms with Crippen LogP contribution >= 0.6 is 0 Å². The van der Waals surface area contributed by atoms with Gasteiger partial charge in [-0.25, -0.2) is 4.79 Å². The maximum absolute atomic E-state index is 10.5. The number of carbonyl (C=O) groups is 1. The molecule has 70 valence electrons. The molecular weight excluding hydrogens is 170 g/mol. The first kappa shape index (κ1) is 11.1. The molecular formula is C8H11N3O2. The Hall–Kier alpha value is -1.88. The number of benzene rings is 1. The number of rotatable bonds is 2. The van der Waals surface area contributed by atoms with E-state index in [2.05, 4.69) is 0 Å². The van der Waals surface area contributed by atoms with Crippen LogP contribution in [0.25, 0.3) is 0 Å². The van der Waals surface area contributed by atoms with Crippen LogP contribution in [0.2, 0.25) is 0 Å². The molecule has 13 heavy (non-hydrogen) atoms. The first-order chi connectivity index (χ1) is 5.61. The Morgan fingerprint density at radius 2 is 1.92 bits per heavy atom. The molecule has 0 radical (unpaired) electrons. The molecule has 0 fully saturated rings. The Bertz CT molecular complexity index is 307. The molecule has 0 unspecified atom stereocenters. The summed E-state index contributed by atoms with van der Waals surface area (Å²) >= 11 is 0. The quantitative estimate of drug-likeness (QED) is 0.398. The van der Waals surface area contributed by atoms with Crippen molar-refractivity contribution in [1.82, 2.24) is 6.15 Å². The minimum absolute atomic E-state index is 0. The molecule has 1 rings (SSSR count). The normalized spacial score (nSPS) is 8.62. The van der Waals surface area contributed by atoms with Gasteiger partial charge in [0, 0.05) is 5.56 Å². The summed E-state index contributed by atoms with van der Waals surface area (Å²) in [6.45, 7) is 0. The van der Waals surface area contributed by atoms with Crippen molar-refractivity contribution in [3.8, 4) is 0 Å². The summed E-state index contributed by atoms with van der Waals surface area (Å²) in [5, 5.41) is 15.6. The highest BCUT2D eigenvalue weighted by Gasteiger charge is 2.03. The van der Waals surface area contributed by atoms with Gasteiger partial charge in [-0.05, 0) is 12.1 Å². The first-order valence-corrected chi connectivity index (χ1v) is 3.29. The molecule has 0 saturated heterocycles. The molecule has 0 heterocycles. The van der Waals surface area contributed by atoms with E-state index in [0.717, 1.165) is 0 Å². The van der Waals surface area contributed by atoms with E-state index >= 15 is 0 Å². The molecule has 0 aliphatic rings. The van der Waals surface area contributed by atoms with Crippen LogP contribution in [0.5, 0.6) is 0 Å². The van der Waals surface area contributed by atoms with E-state index in [1.165, 1.54) is 12.1 Å². The number of carboxylic acids is 1. The van der Waals surface area contributed by atoms with Gasteiger partial charge in [0.25, 0.3) is 0 Å². The number of nitrogen functional groups attached to an aromatic ring is 1. The third-order valence-corrected chi connectivity index (χ3v) is 1.42. The Morgan fingerprint density at radius 3 is 2.38 bits per heavy atom. The smallest absolute Gasteiger partial charge is 0.335 e. The zero-order valence-electron chi connectivity index (χ0n) is 6.95. The molecule has 0 spiro atoms. The lowest BCUT2D eigenvalue weighted by atomic mass is 10.1. The zero-order valence-corrected chi connectivity index (χ0v) is 6.95. The standard InChI is InChI=1S/C8H8N2O2.H3N/c9-7(10)5-2-1-3-6(4-5)8(11)12;/h1-4H,(H3,9,10)(H,11,12);1H3. The summed E-state index contributed by atoms with van der Waals surface area (Å²) in [6.07, 6.45) is 0. The van der Waals surface area contributed by atoms with Gasteiger partial charge in [0.2, 0.25) is 0 Å². The molecule has 5 heteroatoms. The van der Waals surface area contributed by atoms with Gasteiger partial charge in [-0.3, -0.25) is 5.41 Å². The predicted octanol–water partition coefficient (Wildman–Crippen LogP) is 0.831. The Morgan fingerprint density at radius 1 is 1.38 bits per heavy atom. The lowest BCUT2D eigenvalue weighted by molar-refractivity contribution is 0.0697. The lowest BCUT2D eigenvalue weighted by Crippen LogP contribution is -2.11. The number of nitrogens with one attached hydrogen (secondary N) is 1. The number of carboxylic acid groups (broad SMARTS) is 1. The minimum atomic E-state index is -1.02. The second-order valence-electron chi connectivity index (χ2n) is 2.30. The maximum Gasteiger partial charge on any atom is 0.335 e. The van der Waals surface area contributed by atoms with Gasteiger partial charge < -0.3 is 17.0 Å². The van der Waals surface area contributed by atoms with Crippen molar-refractivity contribution >= 4 is 11.8 Å². The molecule has 0 bridgehead atoms. The van der Waals surface area contributed by atoms with Crippen LogP contribution in [0.15, 0.2) is 24.3 Å². The van der Waals surface area contributed by atoms with Crippen LogP contribution in [-0.2, 0) is 0 Å². The average Bonchev–Trinajstić information content (AvgIpc) is 2.04. The highest BCUT2D eigenvalue weighted by Crippen LogP contribution is 2.03. The van der Waals surface area contributed by atoms with E-state index in [9.17, 15) is 4.79 Å². The van der Waals surface area contributed by atoms with Gasteiger partial charge >= 0.3 is 5.97 Å². The number of nitrogens with two attached hydrogens (primary N) is 1. The first-order valence-electron chi connectivity index (χ1n) is 3.29. The number of hydrogen-bond donors (Lipinski definition) is 4. The van der Waals surface area contributed by atoms with Crippen molar-refractivity contribution in [3.05, 3.63) is 35.4 Å². The molecule has 0 aliphatic heterocycles. The summed E-state index contributed by atoms with van der Waals surface area (Å²) in [5.74, 6) is -1.14. The Labute approximate surface area is 75.3 Å². The summed E-state index contributed by atoms with van der Waals surface area (Å²) < 4.78 is 0. The number of hydrogen-bond acceptors (Lipinski definition) is 3. The summed E-state index contributed by atoms with van der Waals surface area (Å²) in [4.78, 5) is 10.5. The van der Waals surface area contributed by atoms with Crippen LogP contribution in [0.3, 0.4) is 0 Å². The third-order valence-electron chi connectivity index (χ3n) is 1.42. The van der Waals surface area contributed by atoms with Crippen LogP contribution in [0.1, 0.15) is 15.9 Å². The highest BCUT2D eigenvalue weighted by molar-refractivity contribution is 5.97. The maximum atomic E-state index is 10.5. The molecule has 0 amide bonds. The van der Waals surface area contributed by atoms with Crippen molar-refractivity contribution < 1.29 is 9.90 Å². The van der Waals surface area contributed by atoms with Gasteiger partial charge in [-0.1, -0.05) is 12.1 Å². The van der Waals surface area contributed by atoms with Gasteiger partial charge in [0.1, 0.15) is 5.84 Å². The molecule has 5 nitrogen and oxygen atoms in total.